The number of aromatic nitrogens is 1. The van der Waals surface area contributed by atoms with Crippen molar-refractivity contribution >= 4 is 28.5 Å². The van der Waals surface area contributed by atoms with E-state index in [1.165, 1.54) is 30.4 Å². The van der Waals surface area contributed by atoms with Crippen LogP contribution in [0.1, 0.15) is 54.0 Å². The number of nitrogens with one attached hydrogen (secondary N) is 1. The first-order valence-corrected chi connectivity index (χ1v) is 10.1. The van der Waals surface area contributed by atoms with Gasteiger partial charge >= 0.3 is 5.97 Å². The van der Waals surface area contributed by atoms with Crippen molar-refractivity contribution in [1.82, 2.24) is 4.98 Å². The molecule has 2 aromatic carbocycles. The fourth-order valence-corrected chi connectivity index (χ4v) is 4.16. The number of carbonyl (C=O) groups is 1. The van der Waals surface area contributed by atoms with Crippen molar-refractivity contribution in [1.29, 1.82) is 0 Å². The number of halogens is 1. The van der Waals surface area contributed by atoms with Crippen LogP contribution in [0.2, 0.25) is 5.02 Å². The van der Waals surface area contributed by atoms with Crippen molar-refractivity contribution < 1.29 is 14.6 Å². The lowest BCUT2D eigenvalue weighted by Gasteiger charge is -2.27. The molecule has 146 valence electrons. The molecule has 4 nitrogen and oxygen atoms in total. The molecule has 28 heavy (non-hydrogen) atoms. The van der Waals surface area contributed by atoms with Crippen LogP contribution in [-0.4, -0.2) is 16.1 Å². The van der Waals surface area contributed by atoms with E-state index < -0.39 is 5.97 Å². The quantitative estimate of drug-likeness (QED) is 0.514. The van der Waals surface area contributed by atoms with Gasteiger partial charge in [0.05, 0.1) is 11.4 Å². The molecule has 2 N–H and O–H groups in total. The number of benzene rings is 2. The number of hydrogen-bond donors (Lipinski definition) is 2. The predicted molar refractivity (Wildman–Crippen MR) is 111 cm³/mol. The van der Waals surface area contributed by atoms with E-state index >= 15 is 0 Å². The summed E-state index contributed by atoms with van der Waals surface area (Å²) in [6.45, 7) is 2.69. The topological polar surface area (TPSA) is 62.3 Å². The standard InChI is InChI=1S/C23H24ClNO3/c1-14-11-15(5-7-18(14)16-3-2-4-16)13-28-17-6-8-20-19(12-17)23(24)21(25-20)9-10-22(26)27/h5-8,11-12,16,25H,2-4,9-10,13H2,1H3,(H,26,27). The van der Waals surface area contributed by atoms with Crippen LogP contribution in [0.4, 0.5) is 0 Å². The highest BCUT2D eigenvalue weighted by Gasteiger charge is 2.21. The molecule has 1 saturated carbocycles. The van der Waals surface area contributed by atoms with Crippen LogP contribution >= 0.6 is 11.6 Å². The van der Waals surface area contributed by atoms with Gasteiger partial charge in [-0.05, 0) is 67.0 Å². The second-order valence-electron chi connectivity index (χ2n) is 7.63. The van der Waals surface area contributed by atoms with E-state index in [-0.39, 0.29) is 6.42 Å². The van der Waals surface area contributed by atoms with Gasteiger partial charge in [0.1, 0.15) is 12.4 Å². The van der Waals surface area contributed by atoms with Crippen molar-refractivity contribution in [3.8, 4) is 5.75 Å². The largest absolute Gasteiger partial charge is 0.489 e. The Morgan fingerprint density at radius 2 is 2.07 bits per heavy atom. The molecular weight excluding hydrogens is 374 g/mol. The molecule has 5 heteroatoms. The van der Waals surface area contributed by atoms with Gasteiger partial charge < -0.3 is 14.8 Å². The number of ether oxygens (including phenoxy) is 1. The first-order valence-electron chi connectivity index (χ1n) is 9.75. The van der Waals surface area contributed by atoms with Crippen LogP contribution in [0, 0.1) is 6.92 Å². The Hall–Kier alpha value is -2.46. The Labute approximate surface area is 169 Å². The summed E-state index contributed by atoms with van der Waals surface area (Å²) in [5.74, 6) is 0.653. The van der Waals surface area contributed by atoms with Gasteiger partial charge in [0.25, 0.3) is 0 Å². The lowest BCUT2D eigenvalue weighted by atomic mass is 9.78. The molecule has 0 bridgehead atoms. The third kappa shape index (κ3) is 3.88. The minimum absolute atomic E-state index is 0.0477. The Bertz CT molecular complexity index is 1020. The van der Waals surface area contributed by atoms with E-state index in [9.17, 15) is 4.79 Å². The molecule has 0 radical (unpaired) electrons. The summed E-state index contributed by atoms with van der Waals surface area (Å²) in [6, 6.07) is 12.4. The van der Waals surface area contributed by atoms with Crippen LogP contribution in [-0.2, 0) is 17.8 Å². The highest BCUT2D eigenvalue weighted by atomic mass is 35.5. The average molecular weight is 398 g/mol. The minimum Gasteiger partial charge on any atom is -0.489 e. The smallest absolute Gasteiger partial charge is 0.303 e. The number of H-pyrrole nitrogens is 1. The zero-order chi connectivity index (χ0) is 19.7. The summed E-state index contributed by atoms with van der Waals surface area (Å²) >= 11 is 6.44. The van der Waals surface area contributed by atoms with Crippen LogP contribution in [0.3, 0.4) is 0 Å². The SMILES string of the molecule is Cc1cc(COc2ccc3[nH]c(CCC(=O)O)c(Cl)c3c2)ccc1C1CCC1. The van der Waals surface area contributed by atoms with Gasteiger partial charge in [0.15, 0.2) is 0 Å². The molecule has 0 unspecified atom stereocenters. The van der Waals surface area contributed by atoms with Crippen LogP contribution < -0.4 is 4.74 Å². The van der Waals surface area contributed by atoms with Gasteiger partial charge in [-0.3, -0.25) is 4.79 Å². The molecule has 0 aliphatic heterocycles. The van der Waals surface area contributed by atoms with Crippen LogP contribution in [0.15, 0.2) is 36.4 Å². The van der Waals surface area contributed by atoms with Crippen molar-refractivity contribution in [2.45, 2.75) is 51.6 Å². The van der Waals surface area contributed by atoms with Gasteiger partial charge in [-0.25, -0.2) is 0 Å². The lowest BCUT2D eigenvalue weighted by Crippen LogP contribution is -2.10. The summed E-state index contributed by atoms with van der Waals surface area (Å²) in [5.41, 5.74) is 5.61. The van der Waals surface area contributed by atoms with E-state index in [1.807, 2.05) is 18.2 Å². The summed E-state index contributed by atoms with van der Waals surface area (Å²) in [6.07, 6.45) is 4.39. The van der Waals surface area contributed by atoms with E-state index in [0.717, 1.165) is 33.8 Å². The van der Waals surface area contributed by atoms with E-state index in [2.05, 4.69) is 30.1 Å². The number of carboxylic acid groups (broad SMARTS) is 1. The van der Waals surface area contributed by atoms with Crippen molar-refractivity contribution in [2.24, 2.45) is 0 Å². The summed E-state index contributed by atoms with van der Waals surface area (Å²) in [4.78, 5) is 14.0. The third-order valence-corrected chi connectivity index (χ3v) is 6.08. The molecule has 4 rings (SSSR count). The highest BCUT2D eigenvalue weighted by Crippen LogP contribution is 2.38. The number of aryl methyl sites for hydroxylation is 2. The van der Waals surface area contributed by atoms with E-state index in [1.54, 1.807) is 0 Å². The fraction of sp³-hybridized carbons (Fsp3) is 0.348. The summed E-state index contributed by atoms with van der Waals surface area (Å²) < 4.78 is 5.99. The maximum absolute atomic E-state index is 10.8. The molecule has 1 heterocycles. The molecule has 1 aromatic heterocycles. The Morgan fingerprint density at radius 3 is 2.75 bits per heavy atom. The average Bonchev–Trinajstić information content (AvgIpc) is 2.94. The molecule has 1 fully saturated rings. The lowest BCUT2D eigenvalue weighted by molar-refractivity contribution is -0.136. The Kier molecular flexibility index (Phi) is 5.31. The zero-order valence-electron chi connectivity index (χ0n) is 15.9. The molecule has 1 aliphatic rings. The number of rotatable bonds is 7. The molecule has 0 saturated heterocycles. The molecule has 0 spiro atoms. The monoisotopic (exact) mass is 397 g/mol. The minimum atomic E-state index is -0.836. The molecule has 1 aliphatic carbocycles. The normalized spacial score (nSPS) is 14.2. The number of aliphatic carboxylic acids is 1. The Balaban J connectivity index is 1.46. The zero-order valence-corrected chi connectivity index (χ0v) is 16.7. The third-order valence-electron chi connectivity index (χ3n) is 5.65. The number of hydrogen-bond acceptors (Lipinski definition) is 2. The summed E-state index contributed by atoms with van der Waals surface area (Å²) in [5, 5.41) is 10.3. The van der Waals surface area contributed by atoms with Gasteiger partial charge in [-0.1, -0.05) is 36.2 Å². The maximum atomic E-state index is 10.8. The van der Waals surface area contributed by atoms with E-state index in [0.29, 0.717) is 18.1 Å². The molecule has 0 amide bonds. The Morgan fingerprint density at radius 1 is 1.25 bits per heavy atom. The van der Waals surface area contributed by atoms with Crippen molar-refractivity contribution in [2.75, 3.05) is 0 Å². The highest BCUT2D eigenvalue weighted by molar-refractivity contribution is 6.36. The number of carboxylic acids is 1. The molecule has 3 aromatic rings. The van der Waals surface area contributed by atoms with Crippen LogP contribution in [0.5, 0.6) is 5.75 Å². The second kappa shape index (κ2) is 7.88. The van der Waals surface area contributed by atoms with Gasteiger partial charge in [-0.2, -0.15) is 0 Å². The maximum Gasteiger partial charge on any atom is 0.303 e. The molecule has 0 atom stereocenters. The molecular formula is C23H24ClNO3. The van der Waals surface area contributed by atoms with E-state index in [4.69, 9.17) is 21.4 Å². The number of fused-ring (bicyclic) bond motifs is 1. The first-order chi connectivity index (χ1) is 13.5. The first kappa shape index (κ1) is 18.9. The van der Waals surface area contributed by atoms with Crippen LogP contribution in [0.25, 0.3) is 10.9 Å². The van der Waals surface area contributed by atoms with Gasteiger partial charge in [0, 0.05) is 16.6 Å². The van der Waals surface area contributed by atoms with Crippen molar-refractivity contribution in [3.05, 3.63) is 63.8 Å². The predicted octanol–water partition coefficient (Wildman–Crippen LogP) is 5.99. The van der Waals surface area contributed by atoms with Crippen molar-refractivity contribution in [3.63, 3.8) is 0 Å². The van der Waals surface area contributed by atoms with Gasteiger partial charge in [0.2, 0.25) is 0 Å². The fourth-order valence-electron chi connectivity index (χ4n) is 3.86. The summed E-state index contributed by atoms with van der Waals surface area (Å²) in [7, 11) is 0. The second-order valence-corrected chi connectivity index (χ2v) is 8.00. The van der Waals surface area contributed by atoms with Gasteiger partial charge in [-0.15, -0.1) is 0 Å². The number of aromatic amines is 1.